The Morgan fingerprint density at radius 1 is 1.03 bits per heavy atom. The number of hydrazone groups is 1. The van der Waals surface area contributed by atoms with Crippen LogP contribution in [-0.4, -0.2) is 25.2 Å². The Hall–Kier alpha value is -3.84. The molecule has 152 valence electrons. The minimum absolute atomic E-state index is 0.717. The van der Waals surface area contributed by atoms with Gasteiger partial charge in [0, 0.05) is 23.0 Å². The monoisotopic (exact) mass is 424 g/mol. The predicted molar refractivity (Wildman–Crippen MR) is 127 cm³/mol. The van der Waals surface area contributed by atoms with Gasteiger partial charge in [-0.15, -0.1) is 11.3 Å². The van der Waals surface area contributed by atoms with Crippen LogP contribution in [0, 0.1) is 6.92 Å². The molecule has 0 aliphatic rings. The van der Waals surface area contributed by atoms with Crippen LogP contribution in [0.4, 0.5) is 5.82 Å². The number of anilines is 1. The largest absolute Gasteiger partial charge is 0.306 e. The van der Waals surface area contributed by atoms with Gasteiger partial charge in [-0.3, -0.25) is 5.43 Å². The molecule has 5 rings (SSSR count). The van der Waals surface area contributed by atoms with Crippen molar-refractivity contribution in [3.8, 4) is 16.1 Å². The molecule has 5 aromatic rings. The third-order valence-corrected chi connectivity index (χ3v) is 6.06. The Morgan fingerprint density at radius 3 is 2.58 bits per heavy atom. The average molecular weight is 425 g/mol. The molecular weight excluding hydrogens is 404 g/mol. The van der Waals surface area contributed by atoms with Crippen LogP contribution in [0.2, 0.25) is 0 Å². The second-order valence-corrected chi connectivity index (χ2v) is 8.17. The molecule has 0 radical (unpaired) electrons. The summed E-state index contributed by atoms with van der Waals surface area (Å²) < 4.78 is 1.97. The van der Waals surface area contributed by atoms with Crippen molar-refractivity contribution in [1.29, 1.82) is 0 Å². The van der Waals surface area contributed by atoms with Crippen molar-refractivity contribution in [2.75, 3.05) is 5.43 Å². The molecule has 0 amide bonds. The maximum Gasteiger partial charge on any atom is 0.158 e. The van der Waals surface area contributed by atoms with Gasteiger partial charge >= 0.3 is 0 Å². The minimum atomic E-state index is 0.717. The maximum atomic E-state index is 4.61. The molecule has 7 heteroatoms. The zero-order chi connectivity index (χ0) is 21.2. The quantitative estimate of drug-likeness (QED) is 0.291. The molecule has 31 heavy (non-hydrogen) atoms. The summed E-state index contributed by atoms with van der Waals surface area (Å²) in [6.45, 7) is 3.88. The van der Waals surface area contributed by atoms with E-state index >= 15 is 0 Å². The van der Waals surface area contributed by atoms with Crippen LogP contribution in [0.1, 0.15) is 18.3 Å². The molecule has 1 N–H and O–H groups in total. The number of thiophene rings is 1. The number of nitrogens with one attached hydrogen (secondary N) is 1. The number of imidazole rings is 1. The highest BCUT2D eigenvalue weighted by Gasteiger charge is 2.11. The van der Waals surface area contributed by atoms with Crippen LogP contribution in [0.25, 0.3) is 26.3 Å². The van der Waals surface area contributed by atoms with Gasteiger partial charge in [0.2, 0.25) is 0 Å². The van der Waals surface area contributed by atoms with Crippen LogP contribution in [0.3, 0.4) is 0 Å². The first-order chi connectivity index (χ1) is 15.2. The van der Waals surface area contributed by atoms with Crippen molar-refractivity contribution < 1.29 is 0 Å². The molecule has 0 atom stereocenters. The van der Waals surface area contributed by atoms with Gasteiger partial charge in [-0.2, -0.15) is 5.10 Å². The van der Waals surface area contributed by atoms with Gasteiger partial charge in [0.15, 0.2) is 5.82 Å². The maximum absolute atomic E-state index is 4.61. The summed E-state index contributed by atoms with van der Waals surface area (Å²) in [6.07, 6.45) is 5.47. The number of nitrogens with zero attached hydrogens (tertiary/aromatic N) is 5. The van der Waals surface area contributed by atoms with Gasteiger partial charge in [0.1, 0.15) is 10.7 Å². The van der Waals surface area contributed by atoms with Crippen molar-refractivity contribution in [3.63, 3.8) is 0 Å². The molecule has 0 saturated carbocycles. The topological polar surface area (TPSA) is 68.0 Å². The predicted octanol–water partition coefficient (Wildman–Crippen LogP) is 5.69. The third kappa shape index (κ3) is 3.95. The fourth-order valence-electron chi connectivity index (χ4n) is 3.35. The number of aromatic nitrogens is 4. The summed E-state index contributed by atoms with van der Waals surface area (Å²) in [4.78, 5) is 15.4. The van der Waals surface area contributed by atoms with Crippen molar-refractivity contribution in [2.45, 2.75) is 13.8 Å². The van der Waals surface area contributed by atoms with Crippen LogP contribution < -0.4 is 5.43 Å². The highest BCUT2D eigenvalue weighted by Crippen LogP contribution is 2.35. The van der Waals surface area contributed by atoms with Crippen molar-refractivity contribution in [3.05, 3.63) is 90.8 Å². The zero-order valence-electron chi connectivity index (χ0n) is 17.1. The minimum Gasteiger partial charge on any atom is -0.306 e. The molecule has 0 bridgehead atoms. The van der Waals surface area contributed by atoms with Crippen molar-refractivity contribution in [2.24, 2.45) is 5.10 Å². The van der Waals surface area contributed by atoms with E-state index in [4.69, 9.17) is 0 Å². The standard InChI is InChI=1S/C24H20N6S/c1-16(18-8-10-20(11-9-18)30-13-12-25-15-30)28-29-23-21-14-22(19-6-4-3-5-7-19)31-24(21)27-17(2)26-23/h3-15H,1-2H3,(H,26,27,29)/b28-16+. The zero-order valence-corrected chi connectivity index (χ0v) is 18.0. The summed E-state index contributed by atoms with van der Waals surface area (Å²) in [7, 11) is 0. The first-order valence-electron chi connectivity index (χ1n) is 9.90. The Morgan fingerprint density at radius 2 is 1.84 bits per heavy atom. The lowest BCUT2D eigenvalue weighted by Gasteiger charge is -2.06. The van der Waals surface area contributed by atoms with E-state index in [2.05, 4.69) is 55.8 Å². The molecule has 0 fully saturated rings. The van der Waals surface area contributed by atoms with Crippen LogP contribution in [0.5, 0.6) is 0 Å². The molecule has 6 nitrogen and oxygen atoms in total. The van der Waals surface area contributed by atoms with Crippen LogP contribution in [-0.2, 0) is 0 Å². The van der Waals surface area contributed by atoms with Gasteiger partial charge in [0.05, 0.1) is 17.4 Å². The molecule has 0 spiro atoms. The van der Waals surface area contributed by atoms with Gasteiger partial charge in [-0.25, -0.2) is 15.0 Å². The second kappa shape index (κ2) is 8.12. The van der Waals surface area contributed by atoms with Crippen LogP contribution in [0.15, 0.2) is 84.5 Å². The molecular formula is C24H20N6S. The van der Waals surface area contributed by atoms with Crippen molar-refractivity contribution >= 4 is 33.1 Å². The molecule has 2 aromatic carbocycles. The first kappa shape index (κ1) is 19.1. The van der Waals surface area contributed by atoms with E-state index < -0.39 is 0 Å². The van der Waals surface area contributed by atoms with Gasteiger partial charge in [-0.05, 0) is 43.2 Å². The highest BCUT2D eigenvalue weighted by molar-refractivity contribution is 7.21. The second-order valence-electron chi connectivity index (χ2n) is 7.14. The van der Waals surface area contributed by atoms with E-state index in [0.29, 0.717) is 5.82 Å². The van der Waals surface area contributed by atoms with Gasteiger partial charge in [0.25, 0.3) is 0 Å². The Balaban J connectivity index is 1.43. The lowest BCUT2D eigenvalue weighted by atomic mass is 10.1. The smallest absolute Gasteiger partial charge is 0.158 e. The lowest BCUT2D eigenvalue weighted by molar-refractivity contribution is 1.06. The molecule has 3 heterocycles. The average Bonchev–Trinajstić information content (AvgIpc) is 3.48. The summed E-state index contributed by atoms with van der Waals surface area (Å²) in [5.41, 5.74) is 7.30. The highest BCUT2D eigenvalue weighted by atomic mass is 32.1. The van der Waals surface area contributed by atoms with E-state index in [1.165, 1.54) is 5.56 Å². The van der Waals surface area contributed by atoms with Gasteiger partial charge < -0.3 is 4.57 Å². The SMILES string of the molecule is C/C(=N\Nc1nc(C)nc2sc(-c3ccccc3)cc12)c1ccc(-n2ccnc2)cc1. The lowest BCUT2D eigenvalue weighted by Crippen LogP contribution is -2.02. The summed E-state index contributed by atoms with van der Waals surface area (Å²) in [6, 6.07) is 20.6. The van der Waals surface area contributed by atoms with E-state index in [9.17, 15) is 0 Å². The number of hydrogen-bond donors (Lipinski definition) is 1. The van der Waals surface area contributed by atoms with E-state index in [1.54, 1.807) is 23.9 Å². The van der Waals surface area contributed by atoms with E-state index in [0.717, 1.165) is 37.9 Å². The third-order valence-electron chi connectivity index (χ3n) is 4.98. The Kier molecular flexibility index (Phi) is 5.01. The first-order valence-corrected chi connectivity index (χ1v) is 10.7. The number of hydrogen-bond acceptors (Lipinski definition) is 6. The van der Waals surface area contributed by atoms with Gasteiger partial charge in [-0.1, -0.05) is 42.5 Å². The summed E-state index contributed by atoms with van der Waals surface area (Å²) in [5, 5.41) is 5.57. The molecule has 0 aliphatic heterocycles. The normalized spacial score (nSPS) is 11.7. The fraction of sp³-hybridized carbons (Fsp3) is 0.0833. The molecule has 0 aliphatic carbocycles. The summed E-state index contributed by atoms with van der Waals surface area (Å²) >= 11 is 1.66. The summed E-state index contributed by atoms with van der Waals surface area (Å²) in [5.74, 6) is 1.43. The number of benzene rings is 2. The van der Waals surface area contributed by atoms with E-state index in [-0.39, 0.29) is 0 Å². The van der Waals surface area contributed by atoms with Crippen molar-refractivity contribution in [1.82, 2.24) is 19.5 Å². The Bertz CT molecular complexity index is 1350. The number of rotatable bonds is 5. The molecule has 0 saturated heterocycles. The molecule has 0 unspecified atom stereocenters. The number of aryl methyl sites for hydroxylation is 1. The Labute approximate surface area is 184 Å². The van der Waals surface area contributed by atoms with E-state index in [1.807, 2.05) is 54.9 Å². The molecule has 3 aromatic heterocycles. The van der Waals surface area contributed by atoms with Crippen LogP contribution >= 0.6 is 11.3 Å². The fourth-order valence-corrected chi connectivity index (χ4v) is 4.43. The number of fused-ring (bicyclic) bond motifs is 1.